The minimum atomic E-state index is -0.482. The van der Waals surface area contributed by atoms with E-state index in [1.807, 2.05) is 6.92 Å². The Morgan fingerprint density at radius 3 is 3.00 bits per heavy atom. The highest BCUT2D eigenvalue weighted by Gasteiger charge is 2.09. The van der Waals surface area contributed by atoms with E-state index in [0.29, 0.717) is 19.8 Å². The lowest BCUT2D eigenvalue weighted by Gasteiger charge is -2.07. The lowest BCUT2D eigenvalue weighted by Crippen LogP contribution is -2.28. The molecule has 88 valence electrons. The molecule has 0 saturated heterocycles. The van der Waals surface area contributed by atoms with Gasteiger partial charge in [0.25, 0.3) is 5.91 Å². The van der Waals surface area contributed by atoms with Crippen LogP contribution in [0.1, 0.15) is 17.3 Å². The van der Waals surface area contributed by atoms with E-state index >= 15 is 0 Å². The normalized spacial score (nSPS) is 10.1. The fourth-order valence-electron chi connectivity index (χ4n) is 1.20. The maximum Gasteiger partial charge on any atom is 0.253 e. The molecule has 5 heteroatoms. The van der Waals surface area contributed by atoms with Gasteiger partial charge in [0.2, 0.25) is 0 Å². The van der Waals surface area contributed by atoms with Crippen LogP contribution in [-0.4, -0.2) is 25.7 Å². The van der Waals surface area contributed by atoms with Crippen LogP contribution in [0.2, 0.25) is 0 Å². The molecule has 1 amide bonds. The summed E-state index contributed by atoms with van der Waals surface area (Å²) in [6.07, 6.45) is 0. The van der Waals surface area contributed by atoms with Crippen LogP contribution in [0.4, 0.5) is 10.1 Å². The summed E-state index contributed by atoms with van der Waals surface area (Å²) in [5.41, 5.74) is 5.97. The zero-order valence-electron chi connectivity index (χ0n) is 9.13. The van der Waals surface area contributed by atoms with Gasteiger partial charge in [0.15, 0.2) is 0 Å². The van der Waals surface area contributed by atoms with E-state index in [9.17, 15) is 9.18 Å². The molecule has 0 aliphatic carbocycles. The summed E-state index contributed by atoms with van der Waals surface area (Å²) in [4.78, 5) is 11.6. The Balaban J connectivity index is 2.55. The first-order valence-electron chi connectivity index (χ1n) is 5.06. The molecule has 0 unspecified atom stereocenters. The first-order valence-corrected chi connectivity index (χ1v) is 5.06. The quantitative estimate of drug-likeness (QED) is 0.585. The average Bonchev–Trinajstić information content (AvgIpc) is 2.27. The highest BCUT2D eigenvalue weighted by atomic mass is 19.1. The number of carbonyl (C=O) groups is 1. The SMILES string of the molecule is CCOCCNC(=O)c1cc(F)ccc1N. The predicted octanol–water partition coefficient (Wildman–Crippen LogP) is 1.17. The highest BCUT2D eigenvalue weighted by Crippen LogP contribution is 2.12. The fraction of sp³-hybridized carbons (Fsp3) is 0.364. The van der Waals surface area contributed by atoms with Gasteiger partial charge in [-0.1, -0.05) is 0 Å². The van der Waals surface area contributed by atoms with Crippen molar-refractivity contribution in [3.63, 3.8) is 0 Å². The monoisotopic (exact) mass is 226 g/mol. The Labute approximate surface area is 93.6 Å². The minimum absolute atomic E-state index is 0.150. The van der Waals surface area contributed by atoms with Gasteiger partial charge >= 0.3 is 0 Å². The molecular formula is C11H15FN2O2. The largest absolute Gasteiger partial charge is 0.398 e. The number of benzene rings is 1. The molecule has 1 aromatic carbocycles. The maximum atomic E-state index is 12.9. The van der Waals surface area contributed by atoms with Crippen molar-refractivity contribution < 1.29 is 13.9 Å². The molecule has 1 rings (SSSR count). The summed E-state index contributed by atoms with van der Waals surface area (Å²) in [5.74, 6) is -0.874. The van der Waals surface area contributed by atoms with Gasteiger partial charge in [-0.2, -0.15) is 0 Å². The fourth-order valence-corrected chi connectivity index (χ4v) is 1.20. The molecule has 0 saturated carbocycles. The van der Waals surface area contributed by atoms with E-state index in [2.05, 4.69) is 5.32 Å². The molecule has 1 aromatic rings. The number of anilines is 1. The van der Waals surface area contributed by atoms with Crippen LogP contribution in [0.5, 0.6) is 0 Å². The number of amides is 1. The van der Waals surface area contributed by atoms with Gasteiger partial charge in [-0.05, 0) is 25.1 Å². The summed E-state index contributed by atoms with van der Waals surface area (Å²) < 4.78 is 17.9. The van der Waals surface area contributed by atoms with Crippen molar-refractivity contribution in [3.8, 4) is 0 Å². The third-order valence-corrected chi connectivity index (χ3v) is 2.00. The molecule has 16 heavy (non-hydrogen) atoms. The van der Waals surface area contributed by atoms with E-state index in [-0.39, 0.29) is 11.3 Å². The van der Waals surface area contributed by atoms with Gasteiger partial charge in [0, 0.05) is 18.8 Å². The van der Waals surface area contributed by atoms with Gasteiger partial charge in [-0.3, -0.25) is 4.79 Å². The Hall–Kier alpha value is -1.62. The van der Waals surface area contributed by atoms with Gasteiger partial charge in [0.05, 0.1) is 12.2 Å². The Kier molecular flexibility index (Phi) is 4.72. The minimum Gasteiger partial charge on any atom is -0.398 e. The molecule has 0 fully saturated rings. The van der Waals surface area contributed by atoms with Crippen LogP contribution in [0, 0.1) is 5.82 Å². The van der Waals surface area contributed by atoms with Gasteiger partial charge in [-0.25, -0.2) is 4.39 Å². The molecular weight excluding hydrogens is 211 g/mol. The zero-order valence-corrected chi connectivity index (χ0v) is 9.13. The molecule has 3 N–H and O–H groups in total. The highest BCUT2D eigenvalue weighted by molar-refractivity contribution is 5.99. The van der Waals surface area contributed by atoms with E-state index in [1.165, 1.54) is 12.1 Å². The average molecular weight is 226 g/mol. The summed E-state index contributed by atoms with van der Waals surface area (Å²) in [7, 11) is 0. The number of hydrogen-bond acceptors (Lipinski definition) is 3. The maximum absolute atomic E-state index is 12.9. The van der Waals surface area contributed by atoms with Gasteiger partial charge in [0.1, 0.15) is 5.82 Å². The van der Waals surface area contributed by atoms with Crippen molar-refractivity contribution in [3.05, 3.63) is 29.6 Å². The number of rotatable bonds is 5. The lowest BCUT2D eigenvalue weighted by molar-refractivity contribution is 0.0923. The summed E-state index contributed by atoms with van der Waals surface area (Å²) >= 11 is 0. The smallest absolute Gasteiger partial charge is 0.253 e. The van der Waals surface area contributed by atoms with E-state index in [0.717, 1.165) is 6.07 Å². The van der Waals surface area contributed by atoms with Crippen LogP contribution >= 0.6 is 0 Å². The summed E-state index contributed by atoms with van der Waals surface area (Å²) in [6, 6.07) is 3.70. The first-order chi connectivity index (χ1) is 7.65. The van der Waals surface area contributed by atoms with Crippen LogP contribution in [0.25, 0.3) is 0 Å². The van der Waals surface area contributed by atoms with Crippen LogP contribution in [-0.2, 0) is 4.74 Å². The summed E-state index contributed by atoms with van der Waals surface area (Å²) in [6.45, 7) is 3.27. The zero-order chi connectivity index (χ0) is 12.0. The Bertz CT molecular complexity index is 369. The van der Waals surface area contributed by atoms with Crippen LogP contribution in [0.15, 0.2) is 18.2 Å². The Morgan fingerprint density at radius 2 is 2.31 bits per heavy atom. The van der Waals surface area contributed by atoms with E-state index < -0.39 is 11.7 Å². The molecule has 0 heterocycles. The number of nitrogen functional groups attached to an aromatic ring is 1. The van der Waals surface area contributed by atoms with Crippen LogP contribution < -0.4 is 11.1 Å². The second-order valence-electron chi connectivity index (χ2n) is 3.18. The second-order valence-corrected chi connectivity index (χ2v) is 3.18. The van der Waals surface area contributed by atoms with Crippen molar-refractivity contribution in [1.29, 1.82) is 0 Å². The molecule has 0 spiro atoms. The van der Waals surface area contributed by atoms with Crippen LogP contribution in [0.3, 0.4) is 0 Å². The van der Waals surface area contributed by atoms with Crippen molar-refractivity contribution in [2.24, 2.45) is 0 Å². The predicted molar refractivity (Wildman–Crippen MR) is 59.6 cm³/mol. The lowest BCUT2D eigenvalue weighted by atomic mass is 10.1. The topological polar surface area (TPSA) is 64.3 Å². The molecule has 0 bridgehead atoms. The van der Waals surface area contributed by atoms with Crippen molar-refractivity contribution in [2.75, 3.05) is 25.5 Å². The van der Waals surface area contributed by atoms with Gasteiger partial charge in [-0.15, -0.1) is 0 Å². The standard InChI is InChI=1S/C11H15FN2O2/c1-2-16-6-5-14-11(15)9-7-8(12)3-4-10(9)13/h3-4,7H,2,5-6,13H2,1H3,(H,14,15). The van der Waals surface area contributed by atoms with Crippen molar-refractivity contribution in [1.82, 2.24) is 5.32 Å². The first kappa shape index (κ1) is 12.4. The number of halogens is 1. The second kappa shape index (κ2) is 6.07. The number of hydrogen-bond donors (Lipinski definition) is 2. The van der Waals surface area contributed by atoms with Crippen molar-refractivity contribution in [2.45, 2.75) is 6.92 Å². The molecule has 0 radical (unpaired) electrons. The molecule has 0 aromatic heterocycles. The van der Waals surface area contributed by atoms with E-state index in [1.54, 1.807) is 0 Å². The molecule has 4 nitrogen and oxygen atoms in total. The number of nitrogens with one attached hydrogen (secondary N) is 1. The number of carbonyl (C=O) groups excluding carboxylic acids is 1. The number of nitrogens with two attached hydrogens (primary N) is 1. The van der Waals surface area contributed by atoms with Gasteiger partial charge < -0.3 is 15.8 Å². The molecule has 0 atom stereocenters. The number of ether oxygens (including phenoxy) is 1. The third kappa shape index (κ3) is 3.51. The van der Waals surface area contributed by atoms with Crippen molar-refractivity contribution >= 4 is 11.6 Å². The third-order valence-electron chi connectivity index (χ3n) is 2.00. The molecule has 0 aliphatic rings. The Morgan fingerprint density at radius 1 is 1.56 bits per heavy atom. The summed E-state index contributed by atoms with van der Waals surface area (Å²) in [5, 5.41) is 2.59. The molecule has 0 aliphatic heterocycles. The van der Waals surface area contributed by atoms with E-state index in [4.69, 9.17) is 10.5 Å².